The van der Waals surface area contributed by atoms with Crippen molar-refractivity contribution in [2.24, 2.45) is 0 Å². The second kappa shape index (κ2) is 9.38. The first kappa shape index (κ1) is 22.2. The maximum atomic E-state index is 12.4. The molecule has 1 aliphatic rings. The molecule has 2 atom stereocenters. The summed E-state index contributed by atoms with van der Waals surface area (Å²) in [4.78, 5) is 12.5. The van der Waals surface area contributed by atoms with Crippen LogP contribution in [0.25, 0.3) is 0 Å². The van der Waals surface area contributed by atoms with Crippen molar-refractivity contribution in [2.75, 3.05) is 23.2 Å². The molecule has 0 aliphatic carbocycles. The van der Waals surface area contributed by atoms with Crippen LogP contribution in [0.3, 0.4) is 0 Å². The predicted octanol–water partition coefficient (Wildman–Crippen LogP) is 2.53. The summed E-state index contributed by atoms with van der Waals surface area (Å²) in [6, 6.07) is 12.7. The van der Waals surface area contributed by atoms with E-state index in [1.807, 2.05) is 13.8 Å². The van der Waals surface area contributed by atoms with Crippen LogP contribution in [0.1, 0.15) is 12.5 Å². The highest BCUT2D eigenvalue weighted by molar-refractivity contribution is 7.92. The van der Waals surface area contributed by atoms with Gasteiger partial charge in [0, 0.05) is 17.9 Å². The Morgan fingerprint density at radius 3 is 2.29 bits per heavy atom. The minimum atomic E-state index is -3.65. The van der Waals surface area contributed by atoms with Gasteiger partial charge in [0.15, 0.2) is 0 Å². The van der Waals surface area contributed by atoms with E-state index in [4.69, 9.17) is 4.74 Å². The van der Waals surface area contributed by atoms with Crippen LogP contribution in [0.2, 0.25) is 0 Å². The third-order valence-electron chi connectivity index (χ3n) is 4.33. The Morgan fingerprint density at radius 1 is 1.07 bits per heavy atom. The Labute approximate surface area is 171 Å². The van der Waals surface area contributed by atoms with E-state index >= 15 is 0 Å². The predicted molar refractivity (Wildman–Crippen MR) is 112 cm³/mol. The quantitative estimate of drug-likeness (QED) is 0.684. The molecule has 0 aromatic heterocycles. The zero-order chi connectivity index (χ0) is 19.4. The number of anilines is 2. The van der Waals surface area contributed by atoms with E-state index in [9.17, 15) is 13.2 Å². The zero-order valence-electron chi connectivity index (χ0n) is 15.6. The van der Waals surface area contributed by atoms with Crippen LogP contribution in [0.4, 0.5) is 11.4 Å². The van der Waals surface area contributed by atoms with Crippen molar-refractivity contribution in [3.05, 3.63) is 54.1 Å². The van der Waals surface area contributed by atoms with Crippen molar-refractivity contribution < 1.29 is 17.9 Å². The zero-order valence-corrected chi connectivity index (χ0v) is 17.3. The number of sulfonamides is 1. The molecule has 1 aliphatic heterocycles. The van der Waals surface area contributed by atoms with Gasteiger partial charge in [-0.2, -0.15) is 0 Å². The van der Waals surface area contributed by atoms with Crippen LogP contribution >= 0.6 is 12.4 Å². The molecule has 0 unspecified atom stereocenters. The summed E-state index contributed by atoms with van der Waals surface area (Å²) >= 11 is 0. The highest BCUT2D eigenvalue weighted by atomic mass is 35.5. The first-order valence-electron chi connectivity index (χ1n) is 8.70. The highest BCUT2D eigenvalue weighted by Crippen LogP contribution is 2.19. The van der Waals surface area contributed by atoms with E-state index in [1.165, 1.54) is 0 Å². The number of carbonyl (C=O) groups is 1. The molecule has 3 rings (SSSR count). The number of aryl methyl sites for hydroxylation is 1. The largest absolute Gasteiger partial charge is 0.375 e. The molecule has 28 heavy (non-hydrogen) atoms. The summed E-state index contributed by atoms with van der Waals surface area (Å²) in [5.41, 5.74) is 1.99. The van der Waals surface area contributed by atoms with Crippen LogP contribution < -0.4 is 15.4 Å². The topological polar surface area (TPSA) is 96.5 Å². The minimum Gasteiger partial charge on any atom is -0.375 e. The fourth-order valence-electron chi connectivity index (χ4n) is 2.80. The van der Waals surface area contributed by atoms with Crippen molar-refractivity contribution in [2.45, 2.75) is 30.9 Å². The van der Waals surface area contributed by atoms with Crippen LogP contribution in [-0.4, -0.2) is 39.6 Å². The minimum absolute atomic E-state index is 0. The van der Waals surface area contributed by atoms with Gasteiger partial charge in [-0.05, 0) is 50.2 Å². The van der Waals surface area contributed by atoms with E-state index in [2.05, 4.69) is 15.4 Å². The normalized spacial score (nSPS) is 19.4. The molecule has 9 heteroatoms. The van der Waals surface area contributed by atoms with Crippen LogP contribution in [0, 0.1) is 6.92 Å². The number of nitrogens with one attached hydrogen (secondary N) is 3. The number of carbonyl (C=O) groups excluding carboxylic acids is 1. The molecular formula is C19H24ClN3O4S. The molecule has 3 N–H and O–H groups in total. The molecule has 1 saturated heterocycles. The number of halogens is 1. The molecule has 1 heterocycles. The van der Waals surface area contributed by atoms with E-state index in [-0.39, 0.29) is 29.3 Å². The summed E-state index contributed by atoms with van der Waals surface area (Å²) in [6.45, 7) is 4.95. The van der Waals surface area contributed by atoms with Crippen LogP contribution in [0.15, 0.2) is 53.4 Å². The van der Waals surface area contributed by atoms with Crippen molar-refractivity contribution >= 4 is 39.7 Å². The summed E-state index contributed by atoms with van der Waals surface area (Å²) in [5, 5.41) is 5.94. The summed E-state index contributed by atoms with van der Waals surface area (Å²) in [5.74, 6) is -0.185. The van der Waals surface area contributed by atoms with E-state index in [0.717, 1.165) is 5.56 Å². The third-order valence-corrected chi connectivity index (χ3v) is 5.73. The molecule has 1 amide bonds. The Balaban J connectivity index is 0.00000280. The van der Waals surface area contributed by atoms with Gasteiger partial charge in [-0.25, -0.2) is 8.42 Å². The first-order chi connectivity index (χ1) is 12.8. The van der Waals surface area contributed by atoms with Gasteiger partial charge in [-0.1, -0.05) is 17.7 Å². The fraction of sp³-hybridized carbons (Fsp3) is 0.316. The second-order valence-corrected chi connectivity index (χ2v) is 8.18. The number of hydrogen-bond acceptors (Lipinski definition) is 5. The highest BCUT2D eigenvalue weighted by Gasteiger charge is 2.28. The van der Waals surface area contributed by atoms with Crippen molar-refractivity contribution in [3.8, 4) is 0 Å². The van der Waals surface area contributed by atoms with Crippen molar-refractivity contribution in [3.63, 3.8) is 0 Å². The van der Waals surface area contributed by atoms with Gasteiger partial charge < -0.3 is 15.4 Å². The first-order valence-corrected chi connectivity index (χ1v) is 10.2. The Bertz CT molecular complexity index is 902. The molecule has 0 radical (unpaired) electrons. The Hall–Kier alpha value is -2.13. The third kappa shape index (κ3) is 5.45. The van der Waals surface area contributed by atoms with Gasteiger partial charge in [0.05, 0.1) is 17.6 Å². The molecule has 7 nitrogen and oxygen atoms in total. The molecule has 0 saturated carbocycles. The number of hydrogen-bond donors (Lipinski definition) is 3. The second-order valence-electron chi connectivity index (χ2n) is 6.49. The summed E-state index contributed by atoms with van der Waals surface area (Å²) in [6.07, 6.45) is -0.209. The average Bonchev–Trinajstić information content (AvgIpc) is 2.64. The molecule has 0 bridgehead atoms. The van der Waals surface area contributed by atoms with Crippen molar-refractivity contribution in [1.82, 2.24) is 5.32 Å². The van der Waals surface area contributed by atoms with Crippen LogP contribution in [0.5, 0.6) is 0 Å². The maximum absolute atomic E-state index is 12.4. The lowest BCUT2D eigenvalue weighted by atomic mass is 10.1. The van der Waals surface area contributed by atoms with Crippen LogP contribution in [-0.2, 0) is 19.6 Å². The molecule has 152 valence electrons. The SMILES string of the molecule is Cc1ccc(S(=O)(=O)Nc2ccc(NC(=O)[C@H]3NCCO[C@@H]3C)cc2)cc1.Cl. The van der Waals surface area contributed by atoms with Gasteiger partial charge >= 0.3 is 0 Å². The molecule has 2 aromatic carbocycles. The Kier molecular flexibility index (Phi) is 7.42. The average molecular weight is 426 g/mol. The summed E-state index contributed by atoms with van der Waals surface area (Å²) < 4.78 is 32.8. The number of ether oxygens (including phenoxy) is 1. The number of rotatable bonds is 5. The lowest BCUT2D eigenvalue weighted by Crippen LogP contribution is -2.53. The lowest BCUT2D eigenvalue weighted by molar-refractivity contribution is -0.123. The Morgan fingerprint density at radius 2 is 1.68 bits per heavy atom. The maximum Gasteiger partial charge on any atom is 0.261 e. The monoisotopic (exact) mass is 425 g/mol. The number of amides is 1. The van der Waals surface area contributed by atoms with Gasteiger partial charge in [0.25, 0.3) is 10.0 Å². The van der Waals surface area contributed by atoms with Gasteiger partial charge in [0.1, 0.15) is 6.04 Å². The molecular weight excluding hydrogens is 402 g/mol. The van der Waals surface area contributed by atoms with Gasteiger partial charge in [0.2, 0.25) is 5.91 Å². The summed E-state index contributed by atoms with van der Waals surface area (Å²) in [7, 11) is -3.65. The van der Waals surface area contributed by atoms with E-state index in [1.54, 1.807) is 48.5 Å². The van der Waals surface area contributed by atoms with Crippen molar-refractivity contribution in [1.29, 1.82) is 0 Å². The fourth-order valence-corrected chi connectivity index (χ4v) is 3.86. The smallest absolute Gasteiger partial charge is 0.261 e. The van der Waals surface area contributed by atoms with Gasteiger partial charge in [-0.3, -0.25) is 9.52 Å². The van der Waals surface area contributed by atoms with Gasteiger partial charge in [-0.15, -0.1) is 12.4 Å². The standard InChI is InChI=1S/C19H23N3O4S.ClH/c1-13-3-9-17(10-4-13)27(24,25)22-16-7-5-15(6-8-16)21-19(23)18-14(2)26-12-11-20-18;/h3-10,14,18,20,22H,11-12H2,1-2H3,(H,21,23);1H/t14-,18+;/m1./s1. The molecule has 1 fully saturated rings. The number of benzene rings is 2. The van der Waals surface area contributed by atoms with E-state index < -0.39 is 16.1 Å². The molecule has 0 spiro atoms. The lowest BCUT2D eigenvalue weighted by Gasteiger charge is -2.29. The van der Waals surface area contributed by atoms with E-state index in [0.29, 0.717) is 24.5 Å². The molecule has 2 aromatic rings. The number of morpholine rings is 1.